The molecule has 0 radical (unpaired) electrons. The third kappa shape index (κ3) is 4.18. The van der Waals surface area contributed by atoms with E-state index in [1.54, 1.807) is 23.0 Å². The van der Waals surface area contributed by atoms with Crippen LogP contribution in [0.5, 0.6) is 0 Å². The standard InChI is InChI=1S/C20H20F3N5O/c21-20(22,23)16-3-1-2-14(12-16)13-25-19(29)15-6-10-27(11-7-15)18-5-8-24-17-4-9-26-28(17)18/h1-5,8-9,12,15H,6-7,10-11,13H2,(H,25,29). The third-order valence-electron chi connectivity index (χ3n) is 5.18. The van der Waals surface area contributed by atoms with Crippen LogP contribution in [-0.2, 0) is 17.5 Å². The van der Waals surface area contributed by atoms with E-state index in [2.05, 4.69) is 20.3 Å². The largest absolute Gasteiger partial charge is 0.416 e. The van der Waals surface area contributed by atoms with Crippen LogP contribution in [0.2, 0.25) is 0 Å². The van der Waals surface area contributed by atoms with E-state index in [4.69, 9.17) is 0 Å². The van der Waals surface area contributed by atoms with Crippen LogP contribution in [0.4, 0.5) is 19.0 Å². The minimum absolute atomic E-state index is 0.0846. The number of carbonyl (C=O) groups is 1. The lowest BCUT2D eigenvalue weighted by Crippen LogP contribution is -2.41. The first-order valence-corrected chi connectivity index (χ1v) is 9.39. The summed E-state index contributed by atoms with van der Waals surface area (Å²) in [6.07, 6.45) is 0.374. The highest BCUT2D eigenvalue weighted by molar-refractivity contribution is 5.79. The van der Waals surface area contributed by atoms with E-state index in [1.807, 2.05) is 12.1 Å². The lowest BCUT2D eigenvalue weighted by molar-refractivity contribution is -0.137. The number of halogens is 3. The molecule has 0 saturated carbocycles. The van der Waals surface area contributed by atoms with E-state index < -0.39 is 11.7 Å². The Morgan fingerprint density at radius 1 is 1.14 bits per heavy atom. The number of anilines is 1. The van der Waals surface area contributed by atoms with Crippen molar-refractivity contribution in [2.24, 2.45) is 5.92 Å². The molecule has 9 heteroatoms. The van der Waals surface area contributed by atoms with Crippen LogP contribution >= 0.6 is 0 Å². The summed E-state index contributed by atoms with van der Waals surface area (Å²) in [4.78, 5) is 18.9. The molecule has 152 valence electrons. The Morgan fingerprint density at radius 2 is 1.93 bits per heavy atom. The van der Waals surface area contributed by atoms with Gasteiger partial charge < -0.3 is 10.2 Å². The second kappa shape index (κ2) is 7.73. The predicted molar refractivity (Wildman–Crippen MR) is 101 cm³/mol. The predicted octanol–water partition coefficient (Wildman–Crippen LogP) is 3.28. The number of aromatic nitrogens is 3. The molecule has 29 heavy (non-hydrogen) atoms. The summed E-state index contributed by atoms with van der Waals surface area (Å²) in [6, 6.07) is 8.76. The van der Waals surface area contributed by atoms with Gasteiger partial charge in [-0.15, -0.1) is 0 Å². The topological polar surface area (TPSA) is 62.5 Å². The van der Waals surface area contributed by atoms with Crippen molar-refractivity contribution < 1.29 is 18.0 Å². The van der Waals surface area contributed by atoms with Gasteiger partial charge in [0.25, 0.3) is 0 Å². The maximum atomic E-state index is 12.8. The molecule has 1 aliphatic heterocycles. The number of rotatable bonds is 4. The number of benzene rings is 1. The summed E-state index contributed by atoms with van der Waals surface area (Å²) >= 11 is 0. The Kier molecular flexibility index (Phi) is 5.12. The molecule has 6 nitrogen and oxygen atoms in total. The minimum atomic E-state index is -4.39. The molecule has 1 N–H and O–H groups in total. The van der Waals surface area contributed by atoms with Crippen molar-refractivity contribution in [3.8, 4) is 0 Å². The van der Waals surface area contributed by atoms with Gasteiger partial charge in [0.1, 0.15) is 5.82 Å². The number of nitrogens with one attached hydrogen (secondary N) is 1. The second-order valence-electron chi connectivity index (χ2n) is 7.08. The molecule has 0 atom stereocenters. The number of hydrogen-bond donors (Lipinski definition) is 1. The van der Waals surface area contributed by atoms with Gasteiger partial charge in [0.15, 0.2) is 5.65 Å². The van der Waals surface area contributed by atoms with Crippen molar-refractivity contribution in [2.75, 3.05) is 18.0 Å². The van der Waals surface area contributed by atoms with Crippen LogP contribution in [0.3, 0.4) is 0 Å². The van der Waals surface area contributed by atoms with Crippen LogP contribution in [0, 0.1) is 5.92 Å². The van der Waals surface area contributed by atoms with Gasteiger partial charge in [-0.3, -0.25) is 4.79 Å². The van der Waals surface area contributed by atoms with E-state index in [0.29, 0.717) is 31.5 Å². The summed E-state index contributed by atoms with van der Waals surface area (Å²) in [5, 5.41) is 7.06. The Hall–Kier alpha value is -3.10. The molecule has 2 aromatic heterocycles. The first kappa shape index (κ1) is 19.2. The monoisotopic (exact) mass is 403 g/mol. The quantitative estimate of drug-likeness (QED) is 0.726. The van der Waals surface area contributed by atoms with Crippen LogP contribution in [-0.4, -0.2) is 33.6 Å². The molecule has 1 amide bonds. The SMILES string of the molecule is O=C(NCc1cccc(C(F)(F)F)c1)C1CCN(c2ccnc3ccnn23)CC1. The molecule has 1 saturated heterocycles. The van der Waals surface area contributed by atoms with Gasteiger partial charge in [0.2, 0.25) is 5.91 Å². The van der Waals surface area contributed by atoms with Gasteiger partial charge in [0, 0.05) is 37.8 Å². The molecule has 0 bridgehead atoms. The number of fused-ring (bicyclic) bond motifs is 1. The first-order valence-electron chi connectivity index (χ1n) is 9.39. The van der Waals surface area contributed by atoms with Crippen molar-refractivity contribution in [1.82, 2.24) is 19.9 Å². The molecule has 0 spiro atoms. The smallest absolute Gasteiger partial charge is 0.356 e. The van der Waals surface area contributed by atoms with Crippen molar-refractivity contribution >= 4 is 17.4 Å². The lowest BCUT2D eigenvalue weighted by Gasteiger charge is -2.32. The van der Waals surface area contributed by atoms with E-state index in [1.165, 1.54) is 6.07 Å². The molecule has 0 aliphatic carbocycles. The Bertz CT molecular complexity index is 1010. The summed E-state index contributed by atoms with van der Waals surface area (Å²) < 4.78 is 40.2. The molecule has 0 unspecified atom stereocenters. The van der Waals surface area contributed by atoms with E-state index in [0.717, 1.165) is 23.6 Å². The van der Waals surface area contributed by atoms with E-state index in [9.17, 15) is 18.0 Å². The number of amides is 1. The van der Waals surface area contributed by atoms with Gasteiger partial charge in [-0.1, -0.05) is 12.1 Å². The average molecular weight is 403 g/mol. The van der Waals surface area contributed by atoms with Gasteiger partial charge in [-0.05, 0) is 36.6 Å². The van der Waals surface area contributed by atoms with E-state index in [-0.39, 0.29) is 18.4 Å². The summed E-state index contributed by atoms with van der Waals surface area (Å²) in [5.74, 6) is 0.649. The maximum Gasteiger partial charge on any atom is 0.416 e. The molecule has 4 rings (SSSR count). The zero-order valence-corrected chi connectivity index (χ0v) is 15.6. The normalized spacial score (nSPS) is 15.6. The lowest BCUT2D eigenvalue weighted by atomic mass is 9.95. The fourth-order valence-corrected chi connectivity index (χ4v) is 3.62. The van der Waals surface area contributed by atoms with Crippen molar-refractivity contribution in [2.45, 2.75) is 25.6 Å². The highest BCUT2D eigenvalue weighted by Gasteiger charge is 2.30. The summed E-state index contributed by atoms with van der Waals surface area (Å²) in [5.41, 5.74) is 0.492. The van der Waals surface area contributed by atoms with Crippen molar-refractivity contribution in [1.29, 1.82) is 0 Å². The molecule has 3 aromatic rings. The van der Waals surface area contributed by atoms with Crippen molar-refractivity contribution in [3.63, 3.8) is 0 Å². The molecule has 3 heterocycles. The number of alkyl halides is 3. The van der Waals surface area contributed by atoms with E-state index >= 15 is 0 Å². The third-order valence-corrected chi connectivity index (χ3v) is 5.18. The fourth-order valence-electron chi connectivity index (χ4n) is 3.62. The number of nitrogens with zero attached hydrogens (tertiary/aromatic N) is 4. The molecular formula is C20H20F3N5O. The zero-order chi connectivity index (χ0) is 20.4. The van der Waals surface area contributed by atoms with Crippen LogP contribution < -0.4 is 10.2 Å². The minimum Gasteiger partial charge on any atom is -0.356 e. The van der Waals surface area contributed by atoms with Crippen molar-refractivity contribution in [3.05, 3.63) is 59.9 Å². The Morgan fingerprint density at radius 3 is 2.69 bits per heavy atom. The molecule has 1 aromatic carbocycles. The van der Waals surface area contributed by atoms with Crippen LogP contribution in [0.25, 0.3) is 5.65 Å². The molecular weight excluding hydrogens is 383 g/mol. The Labute approximate surface area is 165 Å². The van der Waals surface area contributed by atoms with Gasteiger partial charge in [-0.2, -0.15) is 22.8 Å². The number of hydrogen-bond acceptors (Lipinski definition) is 4. The highest BCUT2D eigenvalue weighted by Crippen LogP contribution is 2.29. The zero-order valence-electron chi connectivity index (χ0n) is 15.6. The maximum absolute atomic E-state index is 12.8. The van der Waals surface area contributed by atoms with Gasteiger partial charge >= 0.3 is 6.18 Å². The van der Waals surface area contributed by atoms with Crippen LogP contribution in [0.1, 0.15) is 24.0 Å². The summed E-state index contributed by atoms with van der Waals surface area (Å²) in [7, 11) is 0. The fraction of sp³-hybridized carbons (Fsp3) is 0.350. The second-order valence-corrected chi connectivity index (χ2v) is 7.08. The number of carbonyl (C=O) groups excluding carboxylic acids is 1. The Balaban J connectivity index is 1.33. The highest BCUT2D eigenvalue weighted by atomic mass is 19.4. The summed E-state index contributed by atoms with van der Waals surface area (Å²) in [6.45, 7) is 1.47. The van der Waals surface area contributed by atoms with Gasteiger partial charge in [-0.25, -0.2) is 4.98 Å². The first-order chi connectivity index (χ1) is 13.9. The van der Waals surface area contributed by atoms with Crippen LogP contribution in [0.15, 0.2) is 48.8 Å². The van der Waals surface area contributed by atoms with Gasteiger partial charge in [0.05, 0.1) is 11.8 Å². The number of piperidine rings is 1. The molecule has 1 aliphatic rings. The average Bonchev–Trinajstić information content (AvgIpc) is 3.21. The molecule has 1 fully saturated rings.